The van der Waals surface area contributed by atoms with Crippen molar-refractivity contribution in [3.63, 3.8) is 0 Å². The van der Waals surface area contributed by atoms with Crippen molar-refractivity contribution in [1.82, 2.24) is 0 Å². The molecule has 0 heterocycles. The van der Waals surface area contributed by atoms with E-state index in [0.717, 1.165) is 17.5 Å². The summed E-state index contributed by atoms with van der Waals surface area (Å²) in [6.45, 7) is 2.16. The molecule has 0 N–H and O–H groups in total. The molecule has 0 bridgehead atoms. The Kier molecular flexibility index (Phi) is 3.85. The zero-order valence-corrected chi connectivity index (χ0v) is 7.96. The van der Waals surface area contributed by atoms with E-state index in [0.29, 0.717) is 0 Å². The number of rotatable bonds is 3. The summed E-state index contributed by atoms with van der Waals surface area (Å²) < 4.78 is 0. The minimum absolute atomic E-state index is 0.967. The van der Waals surface area contributed by atoms with E-state index in [1.54, 1.807) is 0 Å². The normalized spacial score (nSPS) is 10.2. The quantitative estimate of drug-likeness (QED) is 0.609. The van der Waals surface area contributed by atoms with E-state index in [2.05, 4.69) is 25.0 Å². The first-order valence-electron chi connectivity index (χ1n) is 4.60. The van der Waals surface area contributed by atoms with Crippen molar-refractivity contribution < 1.29 is 0 Å². The van der Waals surface area contributed by atoms with Crippen LogP contribution in [0.4, 0.5) is 0 Å². The maximum Gasteiger partial charge on any atom is 0.0314 e. The van der Waals surface area contributed by atoms with Gasteiger partial charge in [0.2, 0.25) is 0 Å². The molecular formula is C13H14. The lowest BCUT2D eigenvalue weighted by Crippen LogP contribution is -1.79. The zero-order valence-electron chi connectivity index (χ0n) is 7.96. The van der Waals surface area contributed by atoms with E-state index in [1.807, 2.05) is 24.3 Å². The molecule has 0 unspecified atom stereocenters. The lowest BCUT2D eigenvalue weighted by molar-refractivity contribution is 0.962. The number of unbranched alkanes of at least 4 members (excludes halogenated alkanes) is 1. The van der Waals surface area contributed by atoms with Gasteiger partial charge in [0.1, 0.15) is 0 Å². The van der Waals surface area contributed by atoms with Gasteiger partial charge in [-0.3, -0.25) is 0 Å². The van der Waals surface area contributed by atoms with Crippen LogP contribution < -0.4 is 0 Å². The van der Waals surface area contributed by atoms with Crippen LogP contribution in [-0.4, -0.2) is 0 Å². The SMILES string of the molecule is C#Cc1ccccc1C=CCCC. The summed E-state index contributed by atoms with van der Waals surface area (Å²) in [5, 5.41) is 0. The molecule has 0 spiro atoms. The van der Waals surface area contributed by atoms with Crippen LogP contribution in [0.5, 0.6) is 0 Å². The Bertz CT molecular complexity index is 326. The van der Waals surface area contributed by atoms with E-state index in [-0.39, 0.29) is 0 Å². The molecule has 0 nitrogen and oxygen atoms in total. The van der Waals surface area contributed by atoms with Crippen molar-refractivity contribution in [2.45, 2.75) is 19.8 Å². The topological polar surface area (TPSA) is 0 Å². The Labute approximate surface area is 80.3 Å². The second kappa shape index (κ2) is 5.22. The van der Waals surface area contributed by atoms with Gasteiger partial charge in [0.15, 0.2) is 0 Å². The molecule has 0 aliphatic heterocycles. The van der Waals surface area contributed by atoms with Gasteiger partial charge in [0.05, 0.1) is 0 Å². The fourth-order valence-electron chi connectivity index (χ4n) is 1.15. The molecule has 0 radical (unpaired) electrons. The Morgan fingerprint density at radius 3 is 2.85 bits per heavy atom. The van der Waals surface area contributed by atoms with E-state index in [1.165, 1.54) is 6.42 Å². The summed E-state index contributed by atoms with van der Waals surface area (Å²) >= 11 is 0. The Hall–Kier alpha value is -1.48. The molecule has 0 atom stereocenters. The van der Waals surface area contributed by atoms with E-state index >= 15 is 0 Å². The molecule has 66 valence electrons. The molecule has 0 saturated carbocycles. The van der Waals surface area contributed by atoms with Crippen molar-refractivity contribution in [2.75, 3.05) is 0 Å². The first kappa shape index (κ1) is 9.61. The summed E-state index contributed by atoms with van der Waals surface area (Å²) in [5.74, 6) is 2.67. The molecule has 0 saturated heterocycles. The van der Waals surface area contributed by atoms with Gasteiger partial charge in [-0.2, -0.15) is 0 Å². The maximum absolute atomic E-state index is 5.37. The van der Waals surface area contributed by atoms with Gasteiger partial charge in [-0.15, -0.1) is 6.42 Å². The predicted molar refractivity (Wildman–Crippen MR) is 58.3 cm³/mol. The molecular weight excluding hydrogens is 156 g/mol. The first-order valence-corrected chi connectivity index (χ1v) is 4.60. The summed E-state index contributed by atoms with van der Waals surface area (Å²) in [6, 6.07) is 7.98. The molecule has 0 fully saturated rings. The second-order valence-corrected chi connectivity index (χ2v) is 2.92. The van der Waals surface area contributed by atoms with E-state index < -0.39 is 0 Å². The van der Waals surface area contributed by atoms with Crippen LogP contribution in [-0.2, 0) is 0 Å². The number of hydrogen-bond acceptors (Lipinski definition) is 0. The van der Waals surface area contributed by atoms with Crippen molar-refractivity contribution in [1.29, 1.82) is 0 Å². The highest BCUT2D eigenvalue weighted by Gasteiger charge is 1.92. The molecule has 1 aromatic carbocycles. The Balaban J connectivity index is 2.82. The van der Waals surface area contributed by atoms with Crippen molar-refractivity contribution in [3.05, 3.63) is 41.5 Å². The smallest absolute Gasteiger partial charge is 0.0314 e. The van der Waals surface area contributed by atoms with Crippen molar-refractivity contribution in [2.24, 2.45) is 0 Å². The number of allylic oxidation sites excluding steroid dienone is 1. The molecule has 0 aromatic heterocycles. The highest BCUT2D eigenvalue weighted by molar-refractivity contribution is 5.58. The molecule has 0 aliphatic rings. The van der Waals surface area contributed by atoms with Crippen LogP contribution in [0.15, 0.2) is 30.3 Å². The minimum atomic E-state index is 0.967. The molecule has 0 heteroatoms. The summed E-state index contributed by atoms with van der Waals surface area (Å²) in [7, 11) is 0. The van der Waals surface area contributed by atoms with Crippen LogP contribution in [0.3, 0.4) is 0 Å². The summed E-state index contributed by atoms with van der Waals surface area (Å²) in [6.07, 6.45) is 11.9. The highest BCUT2D eigenvalue weighted by Crippen LogP contribution is 2.09. The van der Waals surface area contributed by atoms with E-state index in [9.17, 15) is 0 Å². The minimum Gasteiger partial charge on any atom is -0.115 e. The highest BCUT2D eigenvalue weighted by atomic mass is 14.0. The standard InChI is InChI=1S/C13H14/c1-3-5-6-10-13-11-8-7-9-12(13)4-2/h2,6-11H,3,5H2,1H3. The summed E-state index contributed by atoms with van der Waals surface area (Å²) in [5.41, 5.74) is 2.10. The predicted octanol–water partition coefficient (Wildman–Crippen LogP) is 3.48. The van der Waals surface area contributed by atoms with Gasteiger partial charge in [0, 0.05) is 5.56 Å². The lowest BCUT2D eigenvalue weighted by atomic mass is 10.1. The van der Waals surface area contributed by atoms with Crippen LogP contribution >= 0.6 is 0 Å². The Morgan fingerprint density at radius 2 is 2.15 bits per heavy atom. The molecule has 0 amide bonds. The second-order valence-electron chi connectivity index (χ2n) is 2.92. The average molecular weight is 170 g/mol. The Morgan fingerprint density at radius 1 is 1.38 bits per heavy atom. The van der Waals surface area contributed by atoms with Gasteiger partial charge in [-0.05, 0) is 18.1 Å². The van der Waals surface area contributed by atoms with Crippen LogP contribution in [0.25, 0.3) is 6.08 Å². The fraction of sp³-hybridized carbons (Fsp3) is 0.231. The molecule has 13 heavy (non-hydrogen) atoms. The number of benzene rings is 1. The van der Waals surface area contributed by atoms with Gasteiger partial charge in [-0.25, -0.2) is 0 Å². The van der Waals surface area contributed by atoms with Gasteiger partial charge in [-0.1, -0.05) is 49.6 Å². The largest absolute Gasteiger partial charge is 0.115 e. The third-order valence-corrected chi connectivity index (χ3v) is 1.87. The third kappa shape index (κ3) is 2.80. The maximum atomic E-state index is 5.37. The first-order chi connectivity index (χ1) is 6.38. The van der Waals surface area contributed by atoms with Crippen molar-refractivity contribution >= 4 is 6.08 Å². The monoisotopic (exact) mass is 170 g/mol. The number of terminal acetylenes is 1. The van der Waals surface area contributed by atoms with Crippen LogP contribution in [0.2, 0.25) is 0 Å². The third-order valence-electron chi connectivity index (χ3n) is 1.87. The number of hydrogen-bond donors (Lipinski definition) is 0. The lowest BCUT2D eigenvalue weighted by Gasteiger charge is -1.96. The zero-order chi connectivity index (χ0) is 9.52. The van der Waals surface area contributed by atoms with Crippen LogP contribution in [0, 0.1) is 12.3 Å². The fourth-order valence-corrected chi connectivity index (χ4v) is 1.15. The van der Waals surface area contributed by atoms with Gasteiger partial charge >= 0.3 is 0 Å². The van der Waals surface area contributed by atoms with Gasteiger partial charge < -0.3 is 0 Å². The van der Waals surface area contributed by atoms with Gasteiger partial charge in [0.25, 0.3) is 0 Å². The van der Waals surface area contributed by atoms with E-state index in [4.69, 9.17) is 6.42 Å². The molecule has 1 aromatic rings. The molecule has 0 aliphatic carbocycles. The molecule has 1 rings (SSSR count). The van der Waals surface area contributed by atoms with Crippen molar-refractivity contribution in [3.8, 4) is 12.3 Å². The average Bonchev–Trinajstić information content (AvgIpc) is 2.19. The van der Waals surface area contributed by atoms with Crippen LogP contribution in [0.1, 0.15) is 30.9 Å². The summed E-state index contributed by atoms with van der Waals surface area (Å²) in [4.78, 5) is 0.